The van der Waals surface area contributed by atoms with Gasteiger partial charge in [-0.15, -0.1) is 0 Å². The lowest BCUT2D eigenvalue weighted by molar-refractivity contribution is 0.321. The van der Waals surface area contributed by atoms with E-state index in [1.807, 2.05) is 6.20 Å². The molecule has 0 aliphatic carbocycles. The van der Waals surface area contributed by atoms with Crippen LogP contribution < -0.4 is 16.0 Å². The molecule has 1 aromatic heterocycles. The van der Waals surface area contributed by atoms with Gasteiger partial charge >= 0.3 is 0 Å². The van der Waals surface area contributed by atoms with Gasteiger partial charge in [0.25, 0.3) is 0 Å². The molecule has 17 heavy (non-hydrogen) atoms. The summed E-state index contributed by atoms with van der Waals surface area (Å²) in [5, 5.41) is 14.6. The van der Waals surface area contributed by atoms with Crippen molar-refractivity contribution < 1.29 is 0 Å². The van der Waals surface area contributed by atoms with Gasteiger partial charge in [0.2, 0.25) is 0 Å². The second-order valence-corrected chi connectivity index (χ2v) is 5.05. The monoisotopic (exact) mass is 235 g/mol. The molecule has 2 aliphatic rings. The zero-order valence-corrected chi connectivity index (χ0v) is 10.2. The summed E-state index contributed by atoms with van der Waals surface area (Å²) in [6, 6.07) is 2.62. The second-order valence-electron chi connectivity index (χ2n) is 5.05. The normalized spacial score (nSPS) is 24.8. The summed E-state index contributed by atoms with van der Waals surface area (Å²) in [5.74, 6) is 2.02. The maximum Gasteiger partial charge on any atom is 0.124 e. The predicted octanol–water partition coefficient (Wildman–Crippen LogP) is 0.439. The third-order valence-corrected chi connectivity index (χ3v) is 3.80. The lowest BCUT2D eigenvalue weighted by Crippen LogP contribution is -2.44. The molecule has 0 unspecified atom stereocenters. The van der Waals surface area contributed by atoms with Crippen LogP contribution in [0.5, 0.6) is 0 Å². The van der Waals surface area contributed by atoms with E-state index in [0.717, 1.165) is 25.6 Å². The van der Waals surface area contributed by atoms with Gasteiger partial charge in [0.15, 0.2) is 0 Å². The van der Waals surface area contributed by atoms with Crippen molar-refractivity contribution in [3.05, 3.63) is 12.3 Å². The fourth-order valence-corrected chi connectivity index (χ4v) is 2.56. The first kappa shape index (κ1) is 11.0. The van der Waals surface area contributed by atoms with Gasteiger partial charge in [0.05, 0.1) is 12.2 Å². The van der Waals surface area contributed by atoms with Gasteiger partial charge in [-0.25, -0.2) is 4.68 Å². The van der Waals surface area contributed by atoms with Crippen molar-refractivity contribution >= 4 is 5.82 Å². The van der Waals surface area contributed by atoms with Crippen LogP contribution in [0.4, 0.5) is 5.82 Å². The molecule has 1 atom stereocenters. The van der Waals surface area contributed by atoms with Gasteiger partial charge in [-0.2, -0.15) is 5.10 Å². The summed E-state index contributed by atoms with van der Waals surface area (Å²) in [7, 11) is 0. The molecular weight excluding hydrogens is 214 g/mol. The van der Waals surface area contributed by atoms with Crippen molar-refractivity contribution in [2.45, 2.75) is 18.9 Å². The van der Waals surface area contributed by atoms with Gasteiger partial charge < -0.3 is 16.0 Å². The van der Waals surface area contributed by atoms with Crippen LogP contribution in [0, 0.1) is 5.92 Å². The van der Waals surface area contributed by atoms with E-state index >= 15 is 0 Å². The van der Waals surface area contributed by atoms with Crippen molar-refractivity contribution in [3.8, 4) is 0 Å². The van der Waals surface area contributed by atoms with E-state index in [-0.39, 0.29) is 0 Å². The summed E-state index contributed by atoms with van der Waals surface area (Å²) < 4.78 is 2.11. The van der Waals surface area contributed by atoms with E-state index in [9.17, 15) is 0 Å². The van der Waals surface area contributed by atoms with Crippen LogP contribution in [0.3, 0.4) is 0 Å². The van der Waals surface area contributed by atoms with E-state index in [2.05, 4.69) is 31.8 Å². The predicted molar refractivity (Wildman–Crippen MR) is 68.2 cm³/mol. The average Bonchev–Trinajstić information content (AvgIpc) is 2.88. The lowest BCUT2D eigenvalue weighted by Gasteiger charge is -2.29. The Bertz CT molecular complexity index is 352. The molecular formula is C12H21N5. The maximum atomic E-state index is 4.39. The molecule has 1 aromatic rings. The van der Waals surface area contributed by atoms with Crippen molar-refractivity contribution in [2.75, 3.05) is 38.0 Å². The Morgan fingerprint density at radius 1 is 1.35 bits per heavy atom. The average molecular weight is 235 g/mol. The number of rotatable bonds is 5. The maximum absolute atomic E-state index is 4.39. The molecule has 0 aromatic carbocycles. The molecule has 3 heterocycles. The van der Waals surface area contributed by atoms with E-state index in [1.165, 1.54) is 31.7 Å². The smallest absolute Gasteiger partial charge is 0.124 e. The van der Waals surface area contributed by atoms with Crippen LogP contribution in [0.2, 0.25) is 0 Å². The molecule has 3 N–H and O–H groups in total. The first-order chi connectivity index (χ1) is 8.43. The quantitative estimate of drug-likeness (QED) is 0.693. The second kappa shape index (κ2) is 5.06. The Morgan fingerprint density at radius 3 is 3.00 bits per heavy atom. The summed E-state index contributed by atoms with van der Waals surface area (Å²) in [6.07, 6.45) is 4.46. The third-order valence-electron chi connectivity index (χ3n) is 3.80. The van der Waals surface area contributed by atoms with Gasteiger partial charge in [0.1, 0.15) is 5.82 Å². The molecule has 0 amide bonds. The number of hydrogen-bond donors (Lipinski definition) is 3. The van der Waals surface area contributed by atoms with Crippen molar-refractivity contribution in [2.24, 2.45) is 5.92 Å². The van der Waals surface area contributed by atoms with Crippen LogP contribution in [0.15, 0.2) is 12.3 Å². The Hall–Kier alpha value is -1.07. The van der Waals surface area contributed by atoms with Crippen LogP contribution in [0.1, 0.15) is 18.9 Å². The molecule has 2 fully saturated rings. The summed E-state index contributed by atoms with van der Waals surface area (Å²) in [5.41, 5.74) is 0. The lowest BCUT2D eigenvalue weighted by atomic mass is 10.1. The molecule has 2 aliphatic heterocycles. The fourth-order valence-electron chi connectivity index (χ4n) is 2.56. The van der Waals surface area contributed by atoms with E-state index in [0.29, 0.717) is 6.04 Å². The first-order valence-electron chi connectivity index (χ1n) is 6.62. The van der Waals surface area contributed by atoms with Gasteiger partial charge in [-0.1, -0.05) is 0 Å². The largest absolute Gasteiger partial charge is 0.370 e. The zero-order valence-electron chi connectivity index (χ0n) is 10.2. The molecule has 5 nitrogen and oxygen atoms in total. The van der Waals surface area contributed by atoms with Gasteiger partial charge in [-0.3, -0.25) is 0 Å². The Morgan fingerprint density at radius 2 is 2.29 bits per heavy atom. The minimum atomic E-state index is 0.542. The van der Waals surface area contributed by atoms with Crippen molar-refractivity contribution in [1.29, 1.82) is 0 Å². The summed E-state index contributed by atoms with van der Waals surface area (Å²) >= 11 is 0. The molecule has 0 bridgehead atoms. The van der Waals surface area contributed by atoms with Crippen molar-refractivity contribution in [3.63, 3.8) is 0 Å². The number of aromatic nitrogens is 2. The number of hydrogen-bond acceptors (Lipinski definition) is 4. The Labute approximate surface area is 102 Å². The minimum Gasteiger partial charge on any atom is -0.370 e. The first-order valence-corrected chi connectivity index (χ1v) is 6.62. The van der Waals surface area contributed by atoms with E-state index in [1.54, 1.807) is 0 Å². The molecule has 2 saturated heterocycles. The summed E-state index contributed by atoms with van der Waals surface area (Å²) in [6.45, 7) is 5.52. The number of anilines is 1. The SMILES string of the molecule is c1cc(NCC[C@H]2CCNC2)n(C2CNC2)n1. The molecule has 5 heteroatoms. The Balaban J connectivity index is 1.48. The van der Waals surface area contributed by atoms with Crippen molar-refractivity contribution in [1.82, 2.24) is 20.4 Å². The molecule has 0 spiro atoms. The Kier molecular flexibility index (Phi) is 3.29. The number of nitrogens with zero attached hydrogens (tertiary/aromatic N) is 2. The standard InChI is InChI=1S/C12H21N5/c1-4-13-7-10(1)2-5-15-12-3-6-16-17(12)11-8-14-9-11/h3,6,10-11,13-15H,1-2,4-5,7-9H2/t10-/m1/s1. The minimum absolute atomic E-state index is 0.542. The van der Waals surface area contributed by atoms with E-state index < -0.39 is 0 Å². The van der Waals surface area contributed by atoms with Crippen LogP contribution in [-0.4, -0.2) is 42.5 Å². The summed E-state index contributed by atoms with van der Waals surface area (Å²) in [4.78, 5) is 0. The third kappa shape index (κ3) is 2.45. The molecule has 3 rings (SSSR count). The highest BCUT2D eigenvalue weighted by Crippen LogP contribution is 2.18. The van der Waals surface area contributed by atoms with Gasteiger partial charge in [0, 0.05) is 25.7 Å². The molecule has 0 radical (unpaired) electrons. The highest BCUT2D eigenvalue weighted by molar-refractivity contribution is 5.34. The van der Waals surface area contributed by atoms with Crippen LogP contribution >= 0.6 is 0 Å². The highest BCUT2D eigenvalue weighted by atomic mass is 15.4. The number of nitrogens with one attached hydrogen (secondary N) is 3. The zero-order chi connectivity index (χ0) is 11.5. The molecule has 94 valence electrons. The topological polar surface area (TPSA) is 53.9 Å². The fraction of sp³-hybridized carbons (Fsp3) is 0.750. The van der Waals surface area contributed by atoms with Crippen LogP contribution in [0.25, 0.3) is 0 Å². The van der Waals surface area contributed by atoms with Crippen LogP contribution in [-0.2, 0) is 0 Å². The van der Waals surface area contributed by atoms with E-state index in [4.69, 9.17) is 0 Å². The highest BCUT2D eigenvalue weighted by Gasteiger charge is 2.21. The molecule has 0 saturated carbocycles. The van der Waals surface area contributed by atoms with Gasteiger partial charge in [-0.05, 0) is 31.8 Å².